The van der Waals surface area contributed by atoms with Crippen molar-refractivity contribution in [2.24, 2.45) is 0 Å². The highest BCUT2D eigenvalue weighted by atomic mass is 16.1. The molecule has 0 saturated carbocycles. The molecule has 32 heavy (non-hydrogen) atoms. The Labute approximate surface area is 190 Å². The second-order valence-electron chi connectivity index (χ2n) is 9.54. The van der Waals surface area contributed by atoms with Crippen molar-refractivity contribution in [2.75, 3.05) is 23.3 Å². The second-order valence-corrected chi connectivity index (χ2v) is 9.54. The Kier molecular flexibility index (Phi) is 6.54. The minimum Gasteiger partial charge on any atom is -0.355 e. The van der Waals surface area contributed by atoms with Crippen LogP contribution in [0.25, 0.3) is 11.3 Å². The van der Waals surface area contributed by atoms with E-state index in [1.54, 1.807) is 0 Å². The summed E-state index contributed by atoms with van der Waals surface area (Å²) in [5.74, 6) is 0.823. The van der Waals surface area contributed by atoms with Crippen LogP contribution >= 0.6 is 0 Å². The summed E-state index contributed by atoms with van der Waals surface area (Å²) < 4.78 is 0. The molecule has 1 saturated heterocycles. The highest BCUT2D eigenvalue weighted by Crippen LogP contribution is 2.25. The summed E-state index contributed by atoms with van der Waals surface area (Å²) in [5, 5.41) is 11.9. The van der Waals surface area contributed by atoms with Crippen LogP contribution in [-0.4, -0.2) is 29.2 Å². The lowest BCUT2D eigenvalue weighted by atomic mass is 9.87. The van der Waals surface area contributed by atoms with Gasteiger partial charge >= 0.3 is 0 Å². The van der Waals surface area contributed by atoms with Gasteiger partial charge in [0.2, 0.25) is 0 Å². The molecule has 1 aliphatic rings. The summed E-state index contributed by atoms with van der Waals surface area (Å²) in [6.07, 6.45) is 5.01. The predicted molar refractivity (Wildman–Crippen MR) is 131 cm³/mol. The number of amides is 1. The zero-order chi connectivity index (χ0) is 22.6. The number of carbonyl (C=O) groups excluding carboxylic acids is 1. The molecule has 0 aliphatic carbocycles. The molecule has 2 heterocycles. The third kappa shape index (κ3) is 5.34. The summed E-state index contributed by atoms with van der Waals surface area (Å²) in [6, 6.07) is 19.6. The number of hydrogen-bond donors (Lipinski definition) is 1. The quantitative estimate of drug-likeness (QED) is 0.548. The van der Waals surface area contributed by atoms with E-state index in [4.69, 9.17) is 0 Å². The average Bonchev–Trinajstić information content (AvgIpc) is 3.09. The van der Waals surface area contributed by atoms with Gasteiger partial charge in [0.05, 0.1) is 5.69 Å². The summed E-state index contributed by atoms with van der Waals surface area (Å²) in [7, 11) is 0. The number of hydrogen-bond acceptors (Lipinski definition) is 4. The van der Waals surface area contributed by atoms with Gasteiger partial charge in [0.25, 0.3) is 5.91 Å². The highest BCUT2D eigenvalue weighted by molar-refractivity contribution is 6.04. The smallest absolute Gasteiger partial charge is 0.255 e. The van der Waals surface area contributed by atoms with Crippen LogP contribution in [0.15, 0.2) is 60.7 Å². The normalized spacial score (nSPS) is 14.7. The molecule has 0 bridgehead atoms. The highest BCUT2D eigenvalue weighted by Gasteiger charge is 2.15. The predicted octanol–water partition coefficient (Wildman–Crippen LogP) is 6.07. The van der Waals surface area contributed by atoms with Gasteiger partial charge in [-0.1, -0.05) is 57.9 Å². The summed E-state index contributed by atoms with van der Waals surface area (Å²) >= 11 is 0. The maximum Gasteiger partial charge on any atom is 0.255 e. The molecule has 1 N–H and O–H groups in total. The number of nitrogens with one attached hydrogen (secondary N) is 1. The van der Waals surface area contributed by atoms with Crippen LogP contribution in [0.4, 0.5) is 11.5 Å². The van der Waals surface area contributed by atoms with Crippen molar-refractivity contribution in [3.63, 3.8) is 0 Å². The van der Waals surface area contributed by atoms with Gasteiger partial charge in [-0.15, -0.1) is 10.2 Å². The molecule has 2 aromatic carbocycles. The fraction of sp³-hybridized carbons (Fsp3) is 0.370. The maximum absolute atomic E-state index is 12.7. The molecular formula is C27H32N4O. The van der Waals surface area contributed by atoms with Crippen LogP contribution in [-0.2, 0) is 5.41 Å². The average molecular weight is 429 g/mol. The van der Waals surface area contributed by atoms with Crippen molar-refractivity contribution in [1.29, 1.82) is 0 Å². The maximum atomic E-state index is 12.7. The molecule has 0 unspecified atom stereocenters. The molecule has 1 amide bonds. The summed E-state index contributed by atoms with van der Waals surface area (Å²) in [6.45, 7) is 8.59. The minimum atomic E-state index is -0.120. The second kappa shape index (κ2) is 9.51. The van der Waals surface area contributed by atoms with E-state index in [1.165, 1.54) is 31.2 Å². The Bertz CT molecular complexity index is 1040. The van der Waals surface area contributed by atoms with Crippen LogP contribution in [0.3, 0.4) is 0 Å². The van der Waals surface area contributed by atoms with E-state index in [0.29, 0.717) is 5.56 Å². The monoisotopic (exact) mass is 428 g/mol. The first-order valence-electron chi connectivity index (χ1n) is 11.5. The third-order valence-corrected chi connectivity index (χ3v) is 6.01. The fourth-order valence-corrected chi connectivity index (χ4v) is 4.03. The molecule has 1 aliphatic heterocycles. The first-order chi connectivity index (χ1) is 15.4. The van der Waals surface area contributed by atoms with Gasteiger partial charge in [-0.3, -0.25) is 4.79 Å². The van der Waals surface area contributed by atoms with Gasteiger partial charge in [-0.2, -0.15) is 0 Å². The van der Waals surface area contributed by atoms with Gasteiger partial charge in [0.1, 0.15) is 0 Å². The molecule has 166 valence electrons. The van der Waals surface area contributed by atoms with E-state index < -0.39 is 0 Å². The van der Waals surface area contributed by atoms with Crippen molar-refractivity contribution in [1.82, 2.24) is 10.2 Å². The first kappa shape index (κ1) is 22.0. The largest absolute Gasteiger partial charge is 0.355 e. The molecule has 1 aromatic heterocycles. The first-order valence-corrected chi connectivity index (χ1v) is 11.5. The number of anilines is 2. The van der Waals surface area contributed by atoms with E-state index in [0.717, 1.165) is 35.9 Å². The van der Waals surface area contributed by atoms with Crippen molar-refractivity contribution in [3.05, 3.63) is 71.8 Å². The Morgan fingerprint density at radius 3 is 2.22 bits per heavy atom. The van der Waals surface area contributed by atoms with Crippen LogP contribution < -0.4 is 10.2 Å². The zero-order valence-electron chi connectivity index (χ0n) is 19.3. The van der Waals surface area contributed by atoms with Crippen molar-refractivity contribution < 1.29 is 4.79 Å². The topological polar surface area (TPSA) is 58.1 Å². The standard InChI is InChI=1S/C27H32N4O/c1-27(2,3)22-13-11-20(12-14-22)26(32)28-23-10-8-9-21(19-23)24-15-16-25(30-29-24)31-17-6-4-5-7-18-31/h8-16,19H,4-7,17-18H2,1-3H3,(H,28,32). The molecule has 0 spiro atoms. The van der Waals surface area contributed by atoms with Gasteiger partial charge in [0.15, 0.2) is 5.82 Å². The van der Waals surface area contributed by atoms with E-state index >= 15 is 0 Å². The molecule has 4 rings (SSSR count). The summed E-state index contributed by atoms with van der Waals surface area (Å²) in [4.78, 5) is 15.1. The van der Waals surface area contributed by atoms with Crippen molar-refractivity contribution in [2.45, 2.75) is 51.9 Å². The van der Waals surface area contributed by atoms with Crippen LogP contribution in [0.1, 0.15) is 62.4 Å². The lowest BCUT2D eigenvalue weighted by molar-refractivity contribution is 0.102. The van der Waals surface area contributed by atoms with Crippen LogP contribution in [0, 0.1) is 0 Å². The van der Waals surface area contributed by atoms with Gasteiger partial charge in [-0.05, 0) is 60.2 Å². The van der Waals surface area contributed by atoms with Crippen molar-refractivity contribution >= 4 is 17.4 Å². The van der Waals surface area contributed by atoms with E-state index in [2.05, 4.69) is 47.3 Å². The Morgan fingerprint density at radius 2 is 1.59 bits per heavy atom. The Hall–Kier alpha value is -3.21. The Balaban J connectivity index is 1.45. The van der Waals surface area contributed by atoms with E-state index in [1.807, 2.05) is 54.6 Å². The number of carbonyl (C=O) groups is 1. The van der Waals surface area contributed by atoms with E-state index in [9.17, 15) is 4.79 Å². The molecule has 3 aromatic rings. The number of rotatable bonds is 4. The molecule has 0 radical (unpaired) electrons. The molecule has 1 fully saturated rings. The number of benzene rings is 2. The molecule has 0 atom stereocenters. The SMILES string of the molecule is CC(C)(C)c1ccc(C(=O)Nc2cccc(-c3ccc(N4CCCCCC4)nn3)c2)cc1. The van der Waals surface area contributed by atoms with Crippen molar-refractivity contribution in [3.8, 4) is 11.3 Å². The zero-order valence-corrected chi connectivity index (χ0v) is 19.3. The lowest BCUT2D eigenvalue weighted by Crippen LogP contribution is -2.25. The van der Waals surface area contributed by atoms with Crippen LogP contribution in [0.2, 0.25) is 0 Å². The lowest BCUT2D eigenvalue weighted by Gasteiger charge is -2.20. The Morgan fingerprint density at radius 1 is 0.875 bits per heavy atom. The van der Waals surface area contributed by atoms with Gasteiger partial charge < -0.3 is 10.2 Å². The van der Waals surface area contributed by atoms with Gasteiger partial charge in [-0.25, -0.2) is 0 Å². The fourth-order valence-electron chi connectivity index (χ4n) is 4.03. The van der Waals surface area contributed by atoms with Gasteiger partial charge in [0, 0.05) is 29.9 Å². The molecule has 5 nitrogen and oxygen atoms in total. The third-order valence-electron chi connectivity index (χ3n) is 6.01. The number of aromatic nitrogens is 2. The molecule has 5 heteroatoms. The number of nitrogens with zero attached hydrogens (tertiary/aromatic N) is 3. The van der Waals surface area contributed by atoms with E-state index in [-0.39, 0.29) is 11.3 Å². The summed E-state index contributed by atoms with van der Waals surface area (Å²) in [5.41, 5.74) is 4.39. The minimum absolute atomic E-state index is 0.0626. The molecular weight excluding hydrogens is 396 g/mol. The van der Waals surface area contributed by atoms with Crippen LogP contribution in [0.5, 0.6) is 0 Å².